The first kappa shape index (κ1) is 12.4. The van der Waals surface area contributed by atoms with Crippen LogP contribution in [0.1, 0.15) is 35.2 Å². The second kappa shape index (κ2) is 6.05. The Morgan fingerprint density at radius 2 is 1.88 bits per heavy atom. The second-order valence-corrected chi connectivity index (χ2v) is 3.67. The Kier molecular flexibility index (Phi) is 4.70. The Morgan fingerprint density at radius 1 is 1.19 bits per heavy atom. The maximum absolute atomic E-state index is 11.8. The molecule has 86 valence electrons. The summed E-state index contributed by atoms with van der Waals surface area (Å²) in [6, 6.07) is 7.48. The highest BCUT2D eigenvalue weighted by Gasteiger charge is 2.09. The highest BCUT2D eigenvalue weighted by Crippen LogP contribution is 2.11. The lowest BCUT2D eigenvalue weighted by Gasteiger charge is -2.03. The number of ether oxygens (including phenoxy) is 1. The predicted molar refractivity (Wildman–Crippen MR) is 61.4 cm³/mol. The molecule has 0 aromatic heterocycles. The van der Waals surface area contributed by atoms with Gasteiger partial charge >= 0.3 is 5.97 Å². The summed E-state index contributed by atoms with van der Waals surface area (Å²) >= 11 is 0. The lowest BCUT2D eigenvalue weighted by Crippen LogP contribution is -2.04. The van der Waals surface area contributed by atoms with Gasteiger partial charge in [-0.25, -0.2) is 0 Å². The first-order chi connectivity index (χ1) is 7.65. The van der Waals surface area contributed by atoms with Gasteiger partial charge in [0.1, 0.15) is 0 Å². The number of carbonyl (C=O) groups is 2. The summed E-state index contributed by atoms with van der Waals surface area (Å²) in [6.07, 6.45) is 1.23. The summed E-state index contributed by atoms with van der Waals surface area (Å²) in [5, 5.41) is 0. The third-order valence-corrected chi connectivity index (χ3v) is 2.46. The molecule has 16 heavy (non-hydrogen) atoms. The molecule has 3 nitrogen and oxygen atoms in total. The minimum Gasteiger partial charge on any atom is -0.469 e. The van der Waals surface area contributed by atoms with E-state index >= 15 is 0 Å². The Labute approximate surface area is 95.4 Å². The molecule has 0 saturated carbocycles. The third kappa shape index (κ3) is 3.50. The fourth-order valence-electron chi connectivity index (χ4n) is 1.52. The van der Waals surface area contributed by atoms with E-state index in [2.05, 4.69) is 4.74 Å². The summed E-state index contributed by atoms with van der Waals surface area (Å²) in [4.78, 5) is 22.6. The van der Waals surface area contributed by atoms with Gasteiger partial charge in [-0.2, -0.15) is 0 Å². The predicted octanol–water partition coefficient (Wildman–Crippen LogP) is 2.52. The fraction of sp³-hybridized carbons (Fsp3) is 0.385. The number of aryl methyl sites for hydroxylation is 1. The number of esters is 1. The smallest absolute Gasteiger partial charge is 0.305 e. The monoisotopic (exact) mass is 220 g/mol. The van der Waals surface area contributed by atoms with Crippen LogP contribution in [-0.4, -0.2) is 18.9 Å². The summed E-state index contributed by atoms with van der Waals surface area (Å²) in [5.74, 6) is -0.181. The number of rotatable bonds is 5. The average molecular weight is 220 g/mol. The molecule has 0 fully saturated rings. The number of carbonyl (C=O) groups excluding carboxylic acids is 2. The molecule has 1 aromatic rings. The van der Waals surface area contributed by atoms with Gasteiger partial charge in [0.05, 0.1) is 7.11 Å². The Hall–Kier alpha value is -1.64. The standard InChI is InChI=1S/C13H16O3/c1-10-6-3-4-7-11(10)12(14)8-5-9-13(15)16-2/h3-4,6-7H,5,8-9H2,1-2H3. The van der Waals surface area contributed by atoms with Crippen molar-refractivity contribution in [2.75, 3.05) is 7.11 Å². The molecule has 0 spiro atoms. The molecule has 0 radical (unpaired) electrons. The minimum absolute atomic E-state index is 0.0852. The van der Waals surface area contributed by atoms with Crippen LogP contribution in [0.3, 0.4) is 0 Å². The van der Waals surface area contributed by atoms with Gasteiger partial charge in [-0.15, -0.1) is 0 Å². The van der Waals surface area contributed by atoms with E-state index < -0.39 is 0 Å². The average Bonchev–Trinajstić information content (AvgIpc) is 2.29. The number of Topliss-reactive ketones (excluding diaryl/α,β-unsaturated/α-hetero) is 1. The zero-order valence-corrected chi connectivity index (χ0v) is 9.66. The van der Waals surface area contributed by atoms with Crippen LogP contribution in [0, 0.1) is 6.92 Å². The summed E-state index contributed by atoms with van der Waals surface area (Å²) in [6.45, 7) is 1.91. The van der Waals surface area contributed by atoms with Gasteiger partial charge in [-0.1, -0.05) is 24.3 Å². The Bertz CT molecular complexity index is 383. The Balaban J connectivity index is 2.47. The van der Waals surface area contributed by atoms with Crippen molar-refractivity contribution in [3.8, 4) is 0 Å². The molecule has 1 aromatic carbocycles. The molecule has 0 bridgehead atoms. The summed E-state index contributed by atoms with van der Waals surface area (Å²) in [7, 11) is 1.35. The lowest BCUT2D eigenvalue weighted by atomic mass is 10.0. The number of methoxy groups -OCH3 is 1. The molecular formula is C13H16O3. The molecule has 0 amide bonds. The molecule has 0 saturated heterocycles. The van der Waals surface area contributed by atoms with Crippen LogP contribution in [0.25, 0.3) is 0 Å². The summed E-state index contributed by atoms with van der Waals surface area (Å²) < 4.78 is 4.51. The molecule has 0 aliphatic heterocycles. The molecular weight excluding hydrogens is 204 g/mol. The number of ketones is 1. The first-order valence-corrected chi connectivity index (χ1v) is 5.31. The molecule has 0 unspecified atom stereocenters. The van der Waals surface area contributed by atoms with E-state index in [4.69, 9.17) is 0 Å². The molecule has 0 N–H and O–H groups in total. The van der Waals surface area contributed by atoms with E-state index in [0.29, 0.717) is 19.3 Å². The minimum atomic E-state index is -0.266. The van der Waals surface area contributed by atoms with E-state index in [1.54, 1.807) is 0 Å². The van der Waals surface area contributed by atoms with E-state index in [1.165, 1.54) is 7.11 Å². The van der Waals surface area contributed by atoms with Crippen LogP contribution < -0.4 is 0 Å². The van der Waals surface area contributed by atoms with Gasteiger partial charge in [0.25, 0.3) is 0 Å². The third-order valence-electron chi connectivity index (χ3n) is 2.46. The van der Waals surface area contributed by atoms with Crippen LogP contribution in [0.15, 0.2) is 24.3 Å². The van der Waals surface area contributed by atoms with Crippen molar-refractivity contribution in [3.05, 3.63) is 35.4 Å². The van der Waals surface area contributed by atoms with Crippen LogP contribution in [-0.2, 0) is 9.53 Å². The Morgan fingerprint density at radius 3 is 2.50 bits per heavy atom. The zero-order chi connectivity index (χ0) is 12.0. The number of hydrogen-bond acceptors (Lipinski definition) is 3. The molecule has 3 heteroatoms. The van der Waals surface area contributed by atoms with Crippen molar-refractivity contribution in [1.82, 2.24) is 0 Å². The molecule has 1 rings (SSSR count). The van der Waals surface area contributed by atoms with Crippen molar-refractivity contribution in [3.63, 3.8) is 0 Å². The van der Waals surface area contributed by atoms with Crippen LogP contribution in [0.5, 0.6) is 0 Å². The van der Waals surface area contributed by atoms with Crippen molar-refractivity contribution < 1.29 is 14.3 Å². The first-order valence-electron chi connectivity index (χ1n) is 5.31. The number of benzene rings is 1. The van der Waals surface area contributed by atoms with Gasteiger partial charge in [-0.3, -0.25) is 9.59 Å². The SMILES string of the molecule is COC(=O)CCCC(=O)c1ccccc1C. The van der Waals surface area contributed by atoms with Gasteiger partial charge in [0.2, 0.25) is 0 Å². The van der Waals surface area contributed by atoms with Crippen LogP contribution in [0.4, 0.5) is 0 Å². The second-order valence-electron chi connectivity index (χ2n) is 3.67. The lowest BCUT2D eigenvalue weighted by molar-refractivity contribution is -0.140. The highest BCUT2D eigenvalue weighted by molar-refractivity contribution is 5.97. The van der Waals surface area contributed by atoms with Crippen molar-refractivity contribution in [2.45, 2.75) is 26.2 Å². The number of hydrogen-bond donors (Lipinski definition) is 0. The van der Waals surface area contributed by atoms with Crippen molar-refractivity contribution in [2.24, 2.45) is 0 Å². The van der Waals surface area contributed by atoms with Gasteiger partial charge in [0.15, 0.2) is 5.78 Å². The van der Waals surface area contributed by atoms with Crippen LogP contribution >= 0.6 is 0 Å². The van der Waals surface area contributed by atoms with E-state index in [1.807, 2.05) is 31.2 Å². The van der Waals surface area contributed by atoms with Crippen molar-refractivity contribution in [1.29, 1.82) is 0 Å². The van der Waals surface area contributed by atoms with E-state index in [-0.39, 0.29) is 11.8 Å². The van der Waals surface area contributed by atoms with Gasteiger partial charge in [-0.05, 0) is 18.9 Å². The van der Waals surface area contributed by atoms with Gasteiger partial charge < -0.3 is 4.74 Å². The largest absolute Gasteiger partial charge is 0.469 e. The van der Waals surface area contributed by atoms with Crippen LogP contribution in [0.2, 0.25) is 0 Å². The quantitative estimate of drug-likeness (QED) is 0.565. The molecule has 0 aliphatic carbocycles. The highest BCUT2D eigenvalue weighted by atomic mass is 16.5. The van der Waals surface area contributed by atoms with E-state index in [9.17, 15) is 9.59 Å². The normalized spacial score (nSPS) is 9.88. The zero-order valence-electron chi connectivity index (χ0n) is 9.66. The maximum atomic E-state index is 11.8. The maximum Gasteiger partial charge on any atom is 0.305 e. The molecule has 0 aliphatic rings. The van der Waals surface area contributed by atoms with Gasteiger partial charge in [0, 0.05) is 18.4 Å². The van der Waals surface area contributed by atoms with E-state index in [0.717, 1.165) is 11.1 Å². The summed E-state index contributed by atoms with van der Waals surface area (Å²) in [5.41, 5.74) is 1.72. The van der Waals surface area contributed by atoms with Crippen molar-refractivity contribution >= 4 is 11.8 Å². The molecule has 0 heterocycles. The fourth-order valence-corrected chi connectivity index (χ4v) is 1.52. The topological polar surface area (TPSA) is 43.4 Å². The molecule has 0 atom stereocenters.